The number of urea groups is 1. The predicted octanol–water partition coefficient (Wildman–Crippen LogP) is 4.00. The van der Waals surface area contributed by atoms with Gasteiger partial charge in [-0.15, -0.1) is 0 Å². The SMILES string of the molecule is COc1ccc(CCNC(=O)N(Cc2cc(C3CC3)n(C)n2)C2CCCC2)cc1. The molecule has 1 heterocycles. The first-order chi connectivity index (χ1) is 14.1. The highest BCUT2D eigenvalue weighted by Crippen LogP contribution is 2.40. The summed E-state index contributed by atoms with van der Waals surface area (Å²) in [6.45, 7) is 1.23. The van der Waals surface area contributed by atoms with Crippen molar-refractivity contribution in [2.75, 3.05) is 13.7 Å². The number of nitrogens with one attached hydrogen (secondary N) is 1. The number of aryl methyl sites for hydroxylation is 1. The molecule has 2 saturated carbocycles. The molecule has 0 radical (unpaired) electrons. The van der Waals surface area contributed by atoms with Crippen LogP contribution < -0.4 is 10.1 Å². The van der Waals surface area contributed by atoms with E-state index >= 15 is 0 Å². The minimum atomic E-state index is 0.0315. The van der Waals surface area contributed by atoms with Crippen LogP contribution in [-0.2, 0) is 20.0 Å². The maximum Gasteiger partial charge on any atom is 0.318 e. The lowest BCUT2D eigenvalue weighted by molar-refractivity contribution is 0.170. The number of methoxy groups -OCH3 is 1. The number of rotatable bonds is 8. The topological polar surface area (TPSA) is 59.4 Å². The van der Waals surface area contributed by atoms with Gasteiger partial charge >= 0.3 is 6.03 Å². The van der Waals surface area contributed by atoms with Crippen molar-refractivity contribution in [3.63, 3.8) is 0 Å². The average molecular weight is 397 g/mol. The van der Waals surface area contributed by atoms with Gasteiger partial charge in [0.2, 0.25) is 0 Å². The second kappa shape index (κ2) is 8.89. The van der Waals surface area contributed by atoms with Crippen LogP contribution in [0.5, 0.6) is 5.75 Å². The lowest BCUT2D eigenvalue weighted by Gasteiger charge is -2.28. The molecule has 0 bridgehead atoms. The Morgan fingerprint density at radius 2 is 1.93 bits per heavy atom. The zero-order chi connectivity index (χ0) is 20.2. The summed E-state index contributed by atoms with van der Waals surface area (Å²) < 4.78 is 7.20. The Morgan fingerprint density at radius 1 is 1.21 bits per heavy atom. The summed E-state index contributed by atoms with van der Waals surface area (Å²) in [7, 11) is 3.69. The third-order valence-corrected chi connectivity index (χ3v) is 6.17. The normalized spacial score (nSPS) is 16.8. The van der Waals surface area contributed by atoms with E-state index in [1.54, 1.807) is 7.11 Å². The van der Waals surface area contributed by atoms with E-state index in [1.807, 2.05) is 40.9 Å². The van der Waals surface area contributed by atoms with E-state index < -0.39 is 0 Å². The fraction of sp³-hybridized carbons (Fsp3) is 0.565. The number of ether oxygens (including phenoxy) is 1. The van der Waals surface area contributed by atoms with E-state index in [2.05, 4.69) is 11.4 Å². The summed E-state index contributed by atoms with van der Waals surface area (Å²) in [6, 6.07) is 10.6. The Labute approximate surface area is 173 Å². The molecule has 1 aromatic carbocycles. The van der Waals surface area contributed by atoms with Gasteiger partial charge in [-0.2, -0.15) is 5.10 Å². The van der Waals surface area contributed by atoms with Gasteiger partial charge in [0, 0.05) is 31.2 Å². The van der Waals surface area contributed by atoms with E-state index in [9.17, 15) is 4.79 Å². The van der Waals surface area contributed by atoms with Gasteiger partial charge in [-0.05, 0) is 55.9 Å². The fourth-order valence-electron chi connectivity index (χ4n) is 4.35. The van der Waals surface area contributed by atoms with Gasteiger partial charge in [0.1, 0.15) is 5.75 Å². The number of aromatic nitrogens is 2. The van der Waals surface area contributed by atoms with E-state index in [-0.39, 0.29) is 6.03 Å². The summed E-state index contributed by atoms with van der Waals surface area (Å²) in [4.78, 5) is 15.0. The minimum Gasteiger partial charge on any atom is -0.497 e. The molecule has 1 aromatic heterocycles. The Kier molecular flexibility index (Phi) is 6.07. The van der Waals surface area contributed by atoms with Crippen molar-refractivity contribution in [3.05, 3.63) is 47.3 Å². The molecule has 0 unspecified atom stereocenters. The molecule has 29 heavy (non-hydrogen) atoms. The second-order valence-corrected chi connectivity index (χ2v) is 8.35. The number of hydrogen-bond donors (Lipinski definition) is 1. The molecular formula is C23H32N4O2. The summed E-state index contributed by atoms with van der Waals surface area (Å²) in [5.41, 5.74) is 3.51. The second-order valence-electron chi connectivity index (χ2n) is 8.35. The lowest BCUT2D eigenvalue weighted by atomic mass is 10.1. The van der Waals surface area contributed by atoms with Gasteiger partial charge in [-0.3, -0.25) is 4.68 Å². The van der Waals surface area contributed by atoms with Gasteiger partial charge in [0.15, 0.2) is 0 Å². The molecule has 1 N–H and O–H groups in total. The molecule has 2 amide bonds. The van der Waals surface area contributed by atoms with Crippen LogP contribution in [0.1, 0.15) is 61.4 Å². The molecule has 6 nitrogen and oxygen atoms in total. The van der Waals surface area contributed by atoms with Crippen molar-refractivity contribution in [1.82, 2.24) is 20.0 Å². The number of hydrogen-bond acceptors (Lipinski definition) is 3. The molecule has 156 valence electrons. The highest BCUT2D eigenvalue weighted by atomic mass is 16.5. The van der Waals surface area contributed by atoms with Crippen molar-refractivity contribution in [1.29, 1.82) is 0 Å². The van der Waals surface area contributed by atoms with Gasteiger partial charge < -0.3 is 15.0 Å². The van der Waals surface area contributed by atoms with Crippen molar-refractivity contribution in [3.8, 4) is 5.75 Å². The number of benzene rings is 1. The monoisotopic (exact) mass is 396 g/mol. The van der Waals surface area contributed by atoms with Crippen molar-refractivity contribution < 1.29 is 9.53 Å². The maximum absolute atomic E-state index is 13.0. The van der Waals surface area contributed by atoms with E-state index in [0.29, 0.717) is 25.0 Å². The molecule has 2 fully saturated rings. The third-order valence-electron chi connectivity index (χ3n) is 6.17. The number of carbonyl (C=O) groups is 1. The highest BCUT2D eigenvalue weighted by Gasteiger charge is 2.30. The molecule has 4 rings (SSSR count). The smallest absolute Gasteiger partial charge is 0.318 e. The summed E-state index contributed by atoms with van der Waals surface area (Å²) in [5, 5.41) is 7.83. The molecule has 0 aliphatic heterocycles. The van der Waals surface area contributed by atoms with Gasteiger partial charge in [-0.25, -0.2) is 4.79 Å². The first-order valence-electron chi connectivity index (χ1n) is 10.8. The van der Waals surface area contributed by atoms with Crippen molar-refractivity contribution in [2.45, 2.75) is 63.5 Å². The largest absolute Gasteiger partial charge is 0.497 e. The summed E-state index contributed by atoms with van der Waals surface area (Å²) in [6.07, 6.45) is 7.92. The minimum absolute atomic E-state index is 0.0315. The number of carbonyl (C=O) groups excluding carboxylic acids is 1. The molecule has 2 aromatic rings. The lowest BCUT2D eigenvalue weighted by Crippen LogP contribution is -2.45. The van der Waals surface area contributed by atoms with Crippen molar-refractivity contribution >= 4 is 6.03 Å². The van der Waals surface area contributed by atoms with Crippen LogP contribution in [0.3, 0.4) is 0 Å². The quantitative estimate of drug-likeness (QED) is 0.734. The zero-order valence-corrected chi connectivity index (χ0v) is 17.6. The number of amides is 2. The van der Waals surface area contributed by atoms with E-state index in [0.717, 1.165) is 30.7 Å². The van der Waals surface area contributed by atoms with Crippen LogP contribution >= 0.6 is 0 Å². The highest BCUT2D eigenvalue weighted by molar-refractivity contribution is 5.74. The first-order valence-corrected chi connectivity index (χ1v) is 10.8. The molecular weight excluding hydrogens is 364 g/mol. The van der Waals surface area contributed by atoms with Crippen LogP contribution in [0.15, 0.2) is 30.3 Å². The molecule has 2 aliphatic rings. The summed E-state index contributed by atoms with van der Waals surface area (Å²) >= 11 is 0. The Morgan fingerprint density at radius 3 is 2.59 bits per heavy atom. The van der Waals surface area contributed by atoms with E-state index in [1.165, 1.54) is 36.9 Å². The molecule has 2 aliphatic carbocycles. The van der Waals surface area contributed by atoms with Crippen LogP contribution in [0, 0.1) is 0 Å². The Hall–Kier alpha value is -2.50. The molecule has 6 heteroatoms. The maximum atomic E-state index is 13.0. The molecule has 0 atom stereocenters. The van der Waals surface area contributed by atoms with Crippen LogP contribution in [0.25, 0.3) is 0 Å². The predicted molar refractivity (Wildman–Crippen MR) is 113 cm³/mol. The van der Waals surface area contributed by atoms with Crippen LogP contribution in [-0.4, -0.2) is 40.4 Å². The van der Waals surface area contributed by atoms with Gasteiger partial charge in [0.05, 0.1) is 19.3 Å². The molecule has 0 saturated heterocycles. The van der Waals surface area contributed by atoms with Crippen molar-refractivity contribution in [2.24, 2.45) is 7.05 Å². The Bertz CT molecular complexity index is 820. The van der Waals surface area contributed by atoms with Crippen LogP contribution in [0.2, 0.25) is 0 Å². The third kappa shape index (κ3) is 4.92. The first kappa shape index (κ1) is 19.8. The average Bonchev–Trinajstić information content (AvgIpc) is 3.29. The number of nitrogens with zero attached hydrogens (tertiary/aromatic N) is 3. The van der Waals surface area contributed by atoms with E-state index in [4.69, 9.17) is 9.84 Å². The van der Waals surface area contributed by atoms with Gasteiger partial charge in [0.25, 0.3) is 0 Å². The standard InChI is InChI=1S/C23H32N4O2/c1-26-22(18-9-10-18)15-19(25-26)16-27(20-5-3-4-6-20)23(28)24-14-13-17-7-11-21(29-2)12-8-17/h7-8,11-12,15,18,20H,3-6,9-10,13-14,16H2,1-2H3,(H,24,28). The fourth-order valence-corrected chi connectivity index (χ4v) is 4.35. The van der Waals surface area contributed by atoms with Crippen LogP contribution in [0.4, 0.5) is 4.79 Å². The zero-order valence-electron chi connectivity index (χ0n) is 17.6. The molecule has 0 spiro atoms. The van der Waals surface area contributed by atoms with Gasteiger partial charge in [-0.1, -0.05) is 25.0 Å². The Balaban J connectivity index is 1.36. The summed E-state index contributed by atoms with van der Waals surface area (Å²) in [5.74, 6) is 1.52.